The van der Waals surface area contributed by atoms with Crippen molar-refractivity contribution in [1.82, 2.24) is 4.90 Å². The zero-order valence-corrected chi connectivity index (χ0v) is 13.1. The SMILES string of the molecule is CCC(=O)OC1CCC1N1CC(C=O)C(c2ccsc2)C1. The minimum Gasteiger partial charge on any atom is -0.461 e. The Labute approximate surface area is 129 Å². The van der Waals surface area contributed by atoms with Gasteiger partial charge in [0.25, 0.3) is 0 Å². The maximum atomic E-state index is 11.5. The maximum absolute atomic E-state index is 11.5. The number of esters is 1. The van der Waals surface area contributed by atoms with Gasteiger partial charge in [-0.05, 0) is 35.2 Å². The number of aldehydes is 1. The molecule has 1 aromatic heterocycles. The van der Waals surface area contributed by atoms with E-state index in [1.54, 1.807) is 11.3 Å². The second kappa shape index (κ2) is 6.28. The van der Waals surface area contributed by atoms with E-state index in [1.165, 1.54) is 5.56 Å². The van der Waals surface area contributed by atoms with Gasteiger partial charge in [-0.15, -0.1) is 0 Å². The Balaban J connectivity index is 1.65. The molecular formula is C16H21NO3S. The van der Waals surface area contributed by atoms with Crippen molar-refractivity contribution in [3.05, 3.63) is 22.4 Å². The van der Waals surface area contributed by atoms with E-state index in [0.29, 0.717) is 12.5 Å². The van der Waals surface area contributed by atoms with Gasteiger partial charge in [-0.1, -0.05) is 6.92 Å². The molecule has 5 heteroatoms. The fourth-order valence-corrected chi connectivity index (χ4v) is 4.09. The van der Waals surface area contributed by atoms with E-state index in [2.05, 4.69) is 21.7 Å². The molecule has 1 aliphatic heterocycles. The quantitative estimate of drug-likeness (QED) is 0.619. The highest BCUT2D eigenvalue weighted by molar-refractivity contribution is 7.08. The van der Waals surface area contributed by atoms with Crippen LogP contribution in [0.5, 0.6) is 0 Å². The summed E-state index contributed by atoms with van der Waals surface area (Å²) in [6.45, 7) is 3.50. The van der Waals surface area contributed by atoms with Crippen molar-refractivity contribution in [2.75, 3.05) is 13.1 Å². The Bertz CT molecular complexity index is 502. The Morgan fingerprint density at radius 1 is 1.48 bits per heavy atom. The highest BCUT2D eigenvalue weighted by Crippen LogP contribution is 2.38. The van der Waals surface area contributed by atoms with Crippen LogP contribution >= 0.6 is 11.3 Å². The topological polar surface area (TPSA) is 46.6 Å². The van der Waals surface area contributed by atoms with Crippen molar-refractivity contribution in [2.24, 2.45) is 5.92 Å². The molecule has 4 unspecified atom stereocenters. The molecule has 114 valence electrons. The molecule has 3 rings (SSSR count). The van der Waals surface area contributed by atoms with E-state index in [9.17, 15) is 9.59 Å². The summed E-state index contributed by atoms with van der Waals surface area (Å²) in [5, 5.41) is 4.20. The van der Waals surface area contributed by atoms with Crippen LogP contribution in [-0.4, -0.2) is 42.4 Å². The van der Waals surface area contributed by atoms with E-state index in [4.69, 9.17) is 4.74 Å². The third-order valence-corrected chi connectivity index (χ3v) is 5.46. The zero-order chi connectivity index (χ0) is 14.8. The number of ether oxygens (including phenoxy) is 1. The average molecular weight is 307 g/mol. The summed E-state index contributed by atoms with van der Waals surface area (Å²) in [6.07, 6.45) is 3.54. The summed E-state index contributed by atoms with van der Waals surface area (Å²) in [5.41, 5.74) is 1.26. The van der Waals surface area contributed by atoms with Gasteiger partial charge < -0.3 is 9.53 Å². The monoisotopic (exact) mass is 307 g/mol. The molecule has 1 aliphatic carbocycles. The number of carbonyl (C=O) groups excluding carboxylic acids is 2. The van der Waals surface area contributed by atoms with Crippen molar-refractivity contribution in [1.29, 1.82) is 0 Å². The van der Waals surface area contributed by atoms with Gasteiger partial charge in [0.15, 0.2) is 0 Å². The molecule has 4 nitrogen and oxygen atoms in total. The van der Waals surface area contributed by atoms with Gasteiger partial charge >= 0.3 is 5.97 Å². The van der Waals surface area contributed by atoms with Crippen LogP contribution in [0.1, 0.15) is 37.7 Å². The summed E-state index contributed by atoms with van der Waals surface area (Å²) < 4.78 is 5.49. The first-order chi connectivity index (χ1) is 10.2. The predicted molar refractivity (Wildman–Crippen MR) is 81.4 cm³/mol. The lowest BCUT2D eigenvalue weighted by atomic mass is 9.87. The molecule has 2 heterocycles. The van der Waals surface area contributed by atoms with Crippen molar-refractivity contribution >= 4 is 23.6 Å². The van der Waals surface area contributed by atoms with Gasteiger partial charge in [-0.25, -0.2) is 0 Å². The van der Waals surface area contributed by atoms with Crippen LogP contribution < -0.4 is 0 Å². The van der Waals surface area contributed by atoms with Crippen LogP contribution in [-0.2, 0) is 14.3 Å². The molecule has 0 N–H and O–H groups in total. The molecule has 21 heavy (non-hydrogen) atoms. The zero-order valence-electron chi connectivity index (χ0n) is 12.2. The molecular weight excluding hydrogens is 286 g/mol. The fourth-order valence-electron chi connectivity index (χ4n) is 3.37. The number of thiophene rings is 1. The lowest BCUT2D eigenvalue weighted by molar-refractivity contribution is -0.159. The van der Waals surface area contributed by atoms with Crippen LogP contribution in [0, 0.1) is 5.92 Å². The van der Waals surface area contributed by atoms with E-state index in [0.717, 1.165) is 32.2 Å². The van der Waals surface area contributed by atoms with Gasteiger partial charge in [-0.2, -0.15) is 11.3 Å². The Kier molecular flexibility index (Phi) is 4.40. The van der Waals surface area contributed by atoms with Crippen LogP contribution in [0.15, 0.2) is 16.8 Å². The van der Waals surface area contributed by atoms with Crippen LogP contribution in [0.4, 0.5) is 0 Å². The molecule has 1 aromatic rings. The number of hydrogen-bond donors (Lipinski definition) is 0. The van der Waals surface area contributed by atoms with E-state index >= 15 is 0 Å². The molecule has 2 aliphatic rings. The largest absolute Gasteiger partial charge is 0.461 e. The van der Waals surface area contributed by atoms with Crippen molar-refractivity contribution in [3.8, 4) is 0 Å². The standard InChI is InChI=1S/C16H21NO3S/c1-2-16(19)20-15-4-3-14(15)17-7-12(9-18)13(8-17)11-5-6-21-10-11/h5-6,9-10,12-15H,2-4,7-8H2,1H3. The van der Waals surface area contributed by atoms with E-state index in [-0.39, 0.29) is 23.9 Å². The van der Waals surface area contributed by atoms with E-state index in [1.807, 2.05) is 6.92 Å². The summed E-state index contributed by atoms with van der Waals surface area (Å²) in [4.78, 5) is 25.2. The molecule has 4 atom stereocenters. The lowest BCUT2D eigenvalue weighted by Crippen LogP contribution is -2.51. The Hall–Kier alpha value is -1.20. The molecule has 1 saturated carbocycles. The van der Waals surface area contributed by atoms with Crippen LogP contribution in [0.2, 0.25) is 0 Å². The van der Waals surface area contributed by atoms with Crippen molar-refractivity contribution in [3.63, 3.8) is 0 Å². The third kappa shape index (κ3) is 2.90. The summed E-state index contributed by atoms with van der Waals surface area (Å²) in [6, 6.07) is 2.41. The summed E-state index contributed by atoms with van der Waals surface area (Å²) in [7, 11) is 0. The predicted octanol–water partition coefficient (Wildman–Crippen LogP) is 2.45. The van der Waals surface area contributed by atoms with Gasteiger partial charge in [0.05, 0.1) is 0 Å². The van der Waals surface area contributed by atoms with Gasteiger partial charge in [-0.3, -0.25) is 9.69 Å². The molecule has 1 saturated heterocycles. The maximum Gasteiger partial charge on any atom is 0.305 e. The smallest absolute Gasteiger partial charge is 0.305 e. The molecule has 0 aromatic carbocycles. The average Bonchev–Trinajstić information content (AvgIpc) is 3.11. The van der Waals surface area contributed by atoms with Crippen molar-refractivity contribution < 1.29 is 14.3 Å². The molecule has 0 bridgehead atoms. The number of hydrogen-bond acceptors (Lipinski definition) is 5. The van der Waals surface area contributed by atoms with Gasteiger partial charge in [0.1, 0.15) is 12.4 Å². The highest BCUT2D eigenvalue weighted by Gasteiger charge is 2.44. The lowest BCUT2D eigenvalue weighted by Gasteiger charge is -2.41. The number of rotatable bonds is 5. The Morgan fingerprint density at radius 3 is 2.90 bits per heavy atom. The first-order valence-corrected chi connectivity index (χ1v) is 8.58. The van der Waals surface area contributed by atoms with Gasteiger partial charge in [0, 0.05) is 37.4 Å². The number of carbonyl (C=O) groups is 2. The molecule has 0 radical (unpaired) electrons. The third-order valence-electron chi connectivity index (χ3n) is 4.76. The Morgan fingerprint density at radius 2 is 2.33 bits per heavy atom. The highest BCUT2D eigenvalue weighted by atomic mass is 32.1. The minimum absolute atomic E-state index is 0.0194. The second-order valence-corrected chi connectivity index (χ2v) is 6.72. The first-order valence-electron chi connectivity index (χ1n) is 7.63. The van der Waals surface area contributed by atoms with Crippen LogP contribution in [0.25, 0.3) is 0 Å². The normalized spacial score (nSPS) is 32.6. The first kappa shape index (κ1) is 14.7. The molecule has 0 spiro atoms. The fraction of sp³-hybridized carbons (Fsp3) is 0.625. The summed E-state index contributed by atoms with van der Waals surface area (Å²) >= 11 is 1.68. The minimum atomic E-state index is -0.120. The number of likely N-dealkylation sites (tertiary alicyclic amines) is 1. The van der Waals surface area contributed by atoms with E-state index < -0.39 is 0 Å². The second-order valence-electron chi connectivity index (χ2n) is 5.94. The summed E-state index contributed by atoms with van der Waals surface area (Å²) in [5.74, 6) is 0.227. The molecule has 2 fully saturated rings. The van der Waals surface area contributed by atoms with Crippen LogP contribution in [0.3, 0.4) is 0 Å². The molecule has 0 amide bonds. The van der Waals surface area contributed by atoms with Gasteiger partial charge in [0.2, 0.25) is 0 Å². The van der Waals surface area contributed by atoms with Crippen molar-refractivity contribution in [2.45, 2.75) is 44.2 Å². The number of nitrogens with zero attached hydrogens (tertiary/aromatic N) is 1.